The van der Waals surface area contributed by atoms with Crippen molar-refractivity contribution in [2.75, 3.05) is 10.6 Å². The molecule has 9 nitrogen and oxygen atoms in total. The fourth-order valence-electron chi connectivity index (χ4n) is 4.13. The molecule has 1 heterocycles. The third kappa shape index (κ3) is 6.71. The minimum Gasteiger partial charge on any atom is -0.487 e. The number of hydrogen-bond acceptors (Lipinski definition) is 5. The monoisotopic (exact) mass is 544 g/mol. The van der Waals surface area contributed by atoms with Crippen molar-refractivity contribution in [3.05, 3.63) is 90.3 Å². The van der Waals surface area contributed by atoms with Crippen molar-refractivity contribution >= 4 is 29.2 Å². The first kappa shape index (κ1) is 28.0. The molecule has 0 spiro atoms. The molecule has 4 rings (SSSR count). The molecule has 1 aromatic heterocycles. The highest BCUT2D eigenvalue weighted by atomic mass is 19.1. The zero-order valence-corrected chi connectivity index (χ0v) is 22.5. The molecule has 3 aromatic carbocycles. The second-order valence-corrected chi connectivity index (χ2v) is 10.1. The molecule has 0 saturated heterocycles. The van der Waals surface area contributed by atoms with Gasteiger partial charge in [0.05, 0.1) is 17.8 Å². The topological polar surface area (TPSA) is 123 Å². The number of amides is 2. The average Bonchev–Trinajstić information content (AvgIpc) is 3.30. The smallest absolute Gasteiger partial charge is 0.409 e. The first-order chi connectivity index (χ1) is 18.9. The number of carboxylic acid groups (broad SMARTS) is 1. The Morgan fingerprint density at radius 1 is 0.975 bits per heavy atom. The van der Waals surface area contributed by atoms with Crippen LogP contribution in [0.5, 0.6) is 5.75 Å². The van der Waals surface area contributed by atoms with Gasteiger partial charge in [-0.1, -0.05) is 30.3 Å². The molecule has 2 amide bonds. The third-order valence-corrected chi connectivity index (χ3v) is 5.81. The number of ether oxygens (including phenoxy) is 1. The SMILES string of the molecule is Cc1nccn1-c1cccc(C(=O)CC(=O)Nc2cc(-c3ccccc3F)c(OC(C)(C)C)cc2NC(=O)O)c1. The van der Waals surface area contributed by atoms with Crippen molar-refractivity contribution in [3.63, 3.8) is 0 Å². The number of nitrogens with zero attached hydrogens (tertiary/aromatic N) is 2. The first-order valence-electron chi connectivity index (χ1n) is 12.5. The number of carbonyl (C=O) groups is 3. The second-order valence-electron chi connectivity index (χ2n) is 10.1. The van der Waals surface area contributed by atoms with Gasteiger partial charge in [0.25, 0.3) is 0 Å². The number of imidazole rings is 1. The van der Waals surface area contributed by atoms with Crippen LogP contribution in [0.15, 0.2) is 73.1 Å². The summed E-state index contributed by atoms with van der Waals surface area (Å²) in [5, 5.41) is 14.3. The lowest BCUT2D eigenvalue weighted by Crippen LogP contribution is -2.24. The van der Waals surface area contributed by atoms with Gasteiger partial charge in [0.1, 0.15) is 23.0 Å². The molecule has 0 atom stereocenters. The molecule has 10 heteroatoms. The summed E-state index contributed by atoms with van der Waals surface area (Å²) in [5.41, 5.74) is 0.897. The van der Waals surface area contributed by atoms with E-state index >= 15 is 0 Å². The van der Waals surface area contributed by atoms with Gasteiger partial charge in [0.2, 0.25) is 5.91 Å². The maximum Gasteiger partial charge on any atom is 0.409 e. The van der Waals surface area contributed by atoms with E-state index in [2.05, 4.69) is 15.6 Å². The third-order valence-electron chi connectivity index (χ3n) is 5.81. The van der Waals surface area contributed by atoms with E-state index in [-0.39, 0.29) is 22.7 Å². The number of rotatable bonds is 8. The summed E-state index contributed by atoms with van der Waals surface area (Å²) in [5.74, 6) is -0.688. The van der Waals surface area contributed by atoms with Crippen molar-refractivity contribution in [1.29, 1.82) is 0 Å². The van der Waals surface area contributed by atoms with Crippen molar-refractivity contribution in [2.24, 2.45) is 0 Å². The minimum absolute atomic E-state index is 0.00483. The predicted octanol–water partition coefficient (Wildman–Crippen LogP) is 6.47. The highest BCUT2D eigenvalue weighted by Crippen LogP contribution is 2.40. The van der Waals surface area contributed by atoms with Crippen molar-refractivity contribution < 1.29 is 28.6 Å². The number of halogens is 1. The summed E-state index contributed by atoms with van der Waals surface area (Å²) >= 11 is 0. The van der Waals surface area contributed by atoms with E-state index in [9.17, 15) is 23.9 Å². The molecule has 40 heavy (non-hydrogen) atoms. The van der Waals surface area contributed by atoms with Gasteiger partial charge in [-0.15, -0.1) is 0 Å². The Balaban J connectivity index is 1.66. The van der Waals surface area contributed by atoms with Gasteiger partial charge in [-0.25, -0.2) is 14.2 Å². The highest BCUT2D eigenvalue weighted by Gasteiger charge is 2.22. The Labute approximate surface area is 230 Å². The van der Waals surface area contributed by atoms with Gasteiger partial charge in [-0.05, 0) is 52.0 Å². The molecular weight excluding hydrogens is 515 g/mol. The molecule has 0 fully saturated rings. The maximum atomic E-state index is 14.8. The van der Waals surface area contributed by atoms with Crippen LogP contribution in [0.1, 0.15) is 43.4 Å². The fourth-order valence-corrected chi connectivity index (χ4v) is 4.13. The number of anilines is 2. The van der Waals surface area contributed by atoms with Crippen molar-refractivity contribution in [2.45, 2.75) is 39.7 Å². The molecule has 0 radical (unpaired) electrons. The van der Waals surface area contributed by atoms with Crippen LogP contribution in [0, 0.1) is 12.7 Å². The van der Waals surface area contributed by atoms with Gasteiger partial charge in [0, 0.05) is 40.8 Å². The van der Waals surface area contributed by atoms with Gasteiger partial charge >= 0.3 is 6.09 Å². The molecule has 0 aliphatic rings. The quantitative estimate of drug-likeness (QED) is 0.173. The summed E-state index contributed by atoms with van der Waals surface area (Å²) in [4.78, 5) is 41.7. The summed E-state index contributed by atoms with van der Waals surface area (Å²) in [7, 11) is 0. The van der Waals surface area contributed by atoms with Gasteiger partial charge in [-0.3, -0.25) is 14.9 Å². The Bertz CT molecular complexity index is 1590. The molecule has 0 aliphatic heterocycles. The number of aromatic nitrogens is 2. The lowest BCUT2D eigenvalue weighted by Gasteiger charge is -2.25. The number of nitrogens with one attached hydrogen (secondary N) is 2. The molecule has 206 valence electrons. The van der Waals surface area contributed by atoms with Crippen LogP contribution in [0.4, 0.5) is 20.6 Å². The maximum absolute atomic E-state index is 14.8. The average molecular weight is 545 g/mol. The minimum atomic E-state index is -1.38. The Hall–Kier alpha value is -4.99. The first-order valence-corrected chi connectivity index (χ1v) is 12.5. The standard InChI is InChI=1S/C30H29FN4O5/c1-18-32-12-13-35(18)20-9-7-8-19(14-20)26(36)17-28(37)33-24-15-22(21-10-5-6-11-23(21)31)27(40-30(2,3)4)16-25(24)34-29(38)39/h5-16,34H,17H2,1-4H3,(H,33,37)(H,38,39). The van der Waals surface area contributed by atoms with Gasteiger partial charge < -0.3 is 19.7 Å². The number of ketones is 1. The van der Waals surface area contributed by atoms with Crippen LogP contribution in [-0.2, 0) is 4.79 Å². The van der Waals surface area contributed by atoms with Gasteiger partial charge in [0.15, 0.2) is 5.78 Å². The Kier molecular flexibility index (Phi) is 7.99. The predicted molar refractivity (Wildman–Crippen MR) is 150 cm³/mol. The van der Waals surface area contributed by atoms with E-state index in [0.717, 1.165) is 11.5 Å². The van der Waals surface area contributed by atoms with E-state index in [4.69, 9.17) is 4.74 Å². The normalized spacial score (nSPS) is 11.1. The molecule has 4 aromatic rings. The zero-order chi connectivity index (χ0) is 29.0. The van der Waals surface area contributed by atoms with Crippen LogP contribution in [0.25, 0.3) is 16.8 Å². The largest absolute Gasteiger partial charge is 0.487 e. The van der Waals surface area contributed by atoms with Crippen LogP contribution in [-0.4, -0.2) is 38.0 Å². The summed E-state index contributed by atoms with van der Waals surface area (Å²) in [6, 6.07) is 15.6. The number of benzene rings is 3. The number of aryl methyl sites for hydroxylation is 1. The molecule has 0 saturated carbocycles. The molecular formula is C30H29FN4O5. The lowest BCUT2D eigenvalue weighted by atomic mass is 10.0. The number of hydrogen-bond donors (Lipinski definition) is 3. The zero-order valence-electron chi connectivity index (χ0n) is 22.5. The van der Waals surface area contributed by atoms with Gasteiger partial charge in [-0.2, -0.15) is 0 Å². The second kappa shape index (κ2) is 11.4. The lowest BCUT2D eigenvalue weighted by molar-refractivity contribution is -0.115. The summed E-state index contributed by atoms with van der Waals surface area (Å²) in [6.07, 6.45) is 1.53. The summed E-state index contributed by atoms with van der Waals surface area (Å²) in [6.45, 7) is 7.23. The number of Topliss-reactive ketones (excluding diaryl/α,β-unsaturated/α-hetero) is 1. The Morgan fingerprint density at radius 3 is 2.35 bits per heavy atom. The van der Waals surface area contributed by atoms with Crippen molar-refractivity contribution in [3.8, 4) is 22.6 Å². The number of carbonyl (C=O) groups excluding carboxylic acids is 2. The molecule has 0 unspecified atom stereocenters. The van der Waals surface area contributed by atoms with Crippen LogP contribution in [0.3, 0.4) is 0 Å². The molecule has 0 bridgehead atoms. The highest BCUT2D eigenvalue weighted by molar-refractivity contribution is 6.12. The van der Waals surface area contributed by atoms with Crippen LogP contribution >= 0.6 is 0 Å². The summed E-state index contributed by atoms with van der Waals surface area (Å²) < 4.78 is 22.6. The Morgan fingerprint density at radius 2 is 1.70 bits per heavy atom. The molecule has 0 aliphatic carbocycles. The van der Waals surface area contributed by atoms with E-state index in [1.54, 1.807) is 69.6 Å². The fraction of sp³-hybridized carbons (Fsp3) is 0.200. The van der Waals surface area contributed by atoms with E-state index in [1.807, 2.05) is 17.6 Å². The van der Waals surface area contributed by atoms with E-state index < -0.39 is 35.6 Å². The van der Waals surface area contributed by atoms with Crippen LogP contribution < -0.4 is 15.4 Å². The van der Waals surface area contributed by atoms with E-state index in [1.165, 1.54) is 18.2 Å². The van der Waals surface area contributed by atoms with Crippen LogP contribution in [0.2, 0.25) is 0 Å². The van der Waals surface area contributed by atoms with E-state index in [0.29, 0.717) is 11.1 Å². The van der Waals surface area contributed by atoms with Crippen molar-refractivity contribution in [1.82, 2.24) is 9.55 Å². The molecule has 3 N–H and O–H groups in total.